The number of hydrogen-bond donors (Lipinski definition) is 0. The van der Waals surface area contributed by atoms with Gasteiger partial charge in [-0.3, -0.25) is 0 Å². The zero-order valence-electron chi connectivity index (χ0n) is 16.4. The zero-order chi connectivity index (χ0) is 19.8. The number of aryl methyl sites for hydroxylation is 2. The fraction of sp³-hybridized carbons (Fsp3) is 0.0800. The molecule has 4 nitrogen and oxygen atoms in total. The van der Waals surface area contributed by atoms with Crippen molar-refractivity contribution < 1.29 is 0 Å². The number of rotatable bonds is 3. The molecule has 5 aromatic rings. The van der Waals surface area contributed by atoms with E-state index in [1.807, 2.05) is 30.3 Å². The van der Waals surface area contributed by atoms with Gasteiger partial charge in [-0.1, -0.05) is 90.0 Å². The summed E-state index contributed by atoms with van der Waals surface area (Å²) < 4.78 is 1.65. The molecule has 0 saturated carbocycles. The molecular formula is C25H20N4. The van der Waals surface area contributed by atoms with Crippen LogP contribution in [0.5, 0.6) is 0 Å². The second-order valence-electron chi connectivity index (χ2n) is 7.30. The van der Waals surface area contributed by atoms with E-state index < -0.39 is 0 Å². The summed E-state index contributed by atoms with van der Waals surface area (Å²) in [6.45, 7) is 4.18. The van der Waals surface area contributed by atoms with Crippen LogP contribution in [0.3, 0.4) is 0 Å². The molecule has 3 aromatic carbocycles. The van der Waals surface area contributed by atoms with Crippen LogP contribution in [-0.4, -0.2) is 19.8 Å². The van der Waals surface area contributed by atoms with E-state index in [-0.39, 0.29) is 0 Å². The number of aromatic nitrogens is 4. The average molecular weight is 376 g/mol. The third-order valence-corrected chi connectivity index (χ3v) is 5.03. The van der Waals surface area contributed by atoms with Crippen LogP contribution >= 0.6 is 0 Å². The lowest BCUT2D eigenvalue weighted by Crippen LogP contribution is -2.04. The van der Waals surface area contributed by atoms with Crippen LogP contribution in [0.4, 0.5) is 0 Å². The van der Waals surface area contributed by atoms with Crippen LogP contribution in [0.15, 0.2) is 78.9 Å². The first kappa shape index (κ1) is 17.3. The van der Waals surface area contributed by atoms with Crippen LogP contribution in [0.1, 0.15) is 16.7 Å². The Kier molecular flexibility index (Phi) is 4.17. The van der Waals surface area contributed by atoms with Crippen LogP contribution in [0, 0.1) is 13.8 Å². The molecule has 0 bridgehead atoms. The largest absolute Gasteiger partial charge is 0.204 e. The maximum atomic E-state index is 4.82. The molecule has 0 aliphatic heterocycles. The van der Waals surface area contributed by atoms with Gasteiger partial charge in [-0.05, 0) is 25.5 Å². The first-order valence-electron chi connectivity index (χ1n) is 9.65. The van der Waals surface area contributed by atoms with Crippen molar-refractivity contribution in [2.75, 3.05) is 0 Å². The van der Waals surface area contributed by atoms with Crippen molar-refractivity contribution in [2.45, 2.75) is 13.8 Å². The molecule has 2 heterocycles. The minimum atomic E-state index is 0.683. The molecule has 0 radical (unpaired) electrons. The Morgan fingerprint density at radius 3 is 2.03 bits per heavy atom. The molecule has 140 valence electrons. The van der Waals surface area contributed by atoms with E-state index in [0.717, 1.165) is 33.3 Å². The normalized spacial score (nSPS) is 12.0. The number of benzene rings is 3. The third-order valence-electron chi connectivity index (χ3n) is 5.03. The molecule has 0 aliphatic rings. The molecule has 29 heavy (non-hydrogen) atoms. The van der Waals surface area contributed by atoms with Gasteiger partial charge in [0.1, 0.15) is 5.69 Å². The molecule has 5 rings (SSSR count). The second kappa shape index (κ2) is 6.99. The van der Waals surface area contributed by atoms with E-state index in [0.29, 0.717) is 5.82 Å². The van der Waals surface area contributed by atoms with Gasteiger partial charge >= 0.3 is 0 Å². The summed E-state index contributed by atoms with van der Waals surface area (Å²) in [5.74, 6) is 0.683. The Bertz CT molecular complexity index is 1330. The molecular weight excluding hydrogens is 356 g/mol. The van der Waals surface area contributed by atoms with Crippen molar-refractivity contribution in [1.29, 1.82) is 0 Å². The van der Waals surface area contributed by atoms with Gasteiger partial charge in [0.05, 0.1) is 0 Å². The van der Waals surface area contributed by atoms with Crippen molar-refractivity contribution in [3.63, 3.8) is 0 Å². The van der Waals surface area contributed by atoms with Crippen molar-refractivity contribution in [3.8, 4) is 22.6 Å². The third kappa shape index (κ3) is 3.29. The van der Waals surface area contributed by atoms with Gasteiger partial charge in [-0.25, -0.2) is 4.98 Å². The number of nitrogens with zero attached hydrogens (tertiary/aromatic N) is 4. The minimum absolute atomic E-state index is 0.683. The lowest BCUT2D eigenvalue weighted by atomic mass is 10.1. The molecule has 0 fully saturated rings. The summed E-state index contributed by atoms with van der Waals surface area (Å²) >= 11 is 0. The zero-order valence-corrected chi connectivity index (χ0v) is 16.4. The summed E-state index contributed by atoms with van der Waals surface area (Å²) in [6, 6.07) is 26.9. The molecule has 0 unspecified atom stereocenters. The van der Waals surface area contributed by atoms with E-state index in [1.165, 1.54) is 11.1 Å². The van der Waals surface area contributed by atoms with Crippen molar-refractivity contribution >= 4 is 11.7 Å². The van der Waals surface area contributed by atoms with Crippen LogP contribution in [0.25, 0.3) is 34.4 Å². The summed E-state index contributed by atoms with van der Waals surface area (Å²) in [7, 11) is 0. The van der Waals surface area contributed by atoms with E-state index in [1.54, 1.807) is 4.63 Å². The van der Waals surface area contributed by atoms with Gasteiger partial charge in [-0.15, -0.1) is 14.8 Å². The Labute approximate surface area is 169 Å². The lowest BCUT2D eigenvalue weighted by Gasteiger charge is -1.99. The predicted octanol–water partition coefficient (Wildman–Crippen LogP) is 4.62. The SMILES string of the molecule is Cc1ccc(/C=c2\c(-c3ccc(C)cc3)nn3nc(-c4ccccc4)nc23)cc1. The van der Waals surface area contributed by atoms with Gasteiger partial charge in [0.2, 0.25) is 0 Å². The first-order chi connectivity index (χ1) is 14.2. The molecule has 0 saturated heterocycles. The molecule has 0 atom stereocenters. The molecule has 4 heteroatoms. The van der Waals surface area contributed by atoms with Crippen molar-refractivity contribution in [1.82, 2.24) is 19.8 Å². The average Bonchev–Trinajstić information content (AvgIpc) is 3.30. The van der Waals surface area contributed by atoms with Crippen molar-refractivity contribution in [3.05, 3.63) is 101 Å². The maximum absolute atomic E-state index is 4.82. The summed E-state index contributed by atoms with van der Waals surface area (Å²) in [6.07, 6.45) is 2.14. The fourth-order valence-corrected chi connectivity index (χ4v) is 3.39. The Morgan fingerprint density at radius 1 is 0.690 bits per heavy atom. The van der Waals surface area contributed by atoms with E-state index in [2.05, 4.69) is 73.6 Å². The van der Waals surface area contributed by atoms with Gasteiger partial charge in [0.25, 0.3) is 0 Å². The maximum Gasteiger partial charge on any atom is 0.186 e. The fourth-order valence-electron chi connectivity index (χ4n) is 3.39. The highest BCUT2D eigenvalue weighted by atomic mass is 15.5. The van der Waals surface area contributed by atoms with E-state index in [9.17, 15) is 0 Å². The summed E-state index contributed by atoms with van der Waals surface area (Å²) in [5.41, 5.74) is 7.26. The molecule has 0 amide bonds. The quantitative estimate of drug-likeness (QED) is 0.461. The van der Waals surface area contributed by atoms with Gasteiger partial charge < -0.3 is 0 Å². The van der Waals surface area contributed by atoms with Crippen LogP contribution in [0.2, 0.25) is 0 Å². The van der Waals surface area contributed by atoms with Gasteiger partial charge in [0.15, 0.2) is 11.5 Å². The van der Waals surface area contributed by atoms with Crippen LogP contribution in [-0.2, 0) is 0 Å². The number of fused-ring (bicyclic) bond motifs is 1. The standard InChI is InChI=1S/C25H20N4/c1-17-8-12-19(13-9-17)16-22-23(20-14-10-18(2)11-15-20)27-29-25(22)26-24(28-29)21-6-4-3-5-7-21/h3-16H,1-2H3/b22-16+. The number of hydrogen-bond acceptors (Lipinski definition) is 3. The van der Waals surface area contributed by atoms with Crippen LogP contribution < -0.4 is 5.22 Å². The monoisotopic (exact) mass is 376 g/mol. The Hall–Kier alpha value is -3.79. The second-order valence-corrected chi connectivity index (χ2v) is 7.30. The Morgan fingerprint density at radius 2 is 1.34 bits per heavy atom. The Balaban J connectivity index is 1.74. The highest BCUT2D eigenvalue weighted by Crippen LogP contribution is 2.19. The highest BCUT2D eigenvalue weighted by molar-refractivity contribution is 5.72. The predicted molar refractivity (Wildman–Crippen MR) is 116 cm³/mol. The topological polar surface area (TPSA) is 43.1 Å². The summed E-state index contributed by atoms with van der Waals surface area (Å²) in [4.78, 5) is 4.82. The lowest BCUT2D eigenvalue weighted by molar-refractivity contribution is 0.828. The molecule has 2 aromatic heterocycles. The highest BCUT2D eigenvalue weighted by Gasteiger charge is 2.15. The summed E-state index contributed by atoms with van der Waals surface area (Å²) in [5, 5.41) is 10.4. The molecule has 0 aliphatic carbocycles. The van der Waals surface area contributed by atoms with Gasteiger partial charge in [-0.2, -0.15) is 0 Å². The van der Waals surface area contributed by atoms with Gasteiger partial charge in [0, 0.05) is 16.3 Å². The first-order valence-corrected chi connectivity index (χ1v) is 9.65. The van der Waals surface area contributed by atoms with Crippen molar-refractivity contribution in [2.24, 2.45) is 0 Å². The van der Waals surface area contributed by atoms with E-state index >= 15 is 0 Å². The molecule has 0 spiro atoms. The minimum Gasteiger partial charge on any atom is -0.204 e. The molecule has 0 N–H and O–H groups in total. The smallest absolute Gasteiger partial charge is 0.186 e. The van der Waals surface area contributed by atoms with E-state index in [4.69, 9.17) is 10.1 Å².